The summed E-state index contributed by atoms with van der Waals surface area (Å²) in [5, 5.41) is 0. The van der Waals surface area contributed by atoms with Crippen LogP contribution in [-0.4, -0.2) is 46.4 Å². The number of nitrogen functional groups attached to an aromatic ring is 1. The van der Waals surface area contributed by atoms with Gasteiger partial charge in [0.1, 0.15) is 11.8 Å². The summed E-state index contributed by atoms with van der Waals surface area (Å²) in [5.74, 6) is 0.768. The number of ether oxygens (including phenoxy) is 3. The predicted octanol–water partition coefficient (Wildman–Crippen LogP) is 0.629. The summed E-state index contributed by atoms with van der Waals surface area (Å²) in [5.41, 5.74) is 13.0. The maximum Gasteiger partial charge on any atom is 0.347 e. The lowest BCUT2D eigenvalue weighted by molar-refractivity contribution is -0.361. The fraction of sp³-hybridized carbons (Fsp3) is 0.643. The molecule has 2 atom stereocenters. The van der Waals surface area contributed by atoms with Gasteiger partial charge in [-0.2, -0.15) is 0 Å². The summed E-state index contributed by atoms with van der Waals surface area (Å²) in [6.45, 7) is 0.471. The second-order valence-corrected chi connectivity index (χ2v) is 5.74. The highest BCUT2D eigenvalue weighted by Crippen LogP contribution is 2.36. The molecular weight excluding hydrogens is 300 g/mol. The molecule has 0 aliphatic heterocycles. The van der Waals surface area contributed by atoms with Crippen LogP contribution >= 0.6 is 0 Å². The van der Waals surface area contributed by atoms with E-state index in [0.29, 0.717) is 29.9 Å². The van der Waals surface area contributed by atoms with Crippen LogP contribution in [0, 0.1) is 5.92 Å². The Bertz CT molecular complexity index is 672. The molecule has 0 bridgehead atoms. The number of nitrogens with two attached hydrogens (primary N) is 2. The van der Waals surface area contributed by atoms with E-state index in [1.807, 2.05) is 0 Å². The molecular formula is C14H22N6O3. The maximum atomic E-state index is 5.83. The highest BCUT2D eigenvalue weighted by molar-refractivity contribution is 5.81. The molecule has 9 heteroatoms. The molecule has 0 saturated heterocycles. The molecule has 4 N–H and O–H groups in total. The van der Waals surface area contributed by atoms with Crippen molar-refractivity contribution < 1.29 is 14.2 Å². The molecule has 0 aromatic carbocycles. The van der Waals surface area contributed by atoms with Crippen molar-refractivity contribution in [2.24, 2.45) is 11.7 Å². The smallest absolute Gasteiger partial charge is 0.347 e. The lowest BCUT2D eigenvalue weighted by Gasteiger charge is -2.26. The highest BCUT2D eigenvalue weighted by atomic mass is 16.9. The van der Waals surface area contributed by atoms with Gasteiger partial charge in [0.2, 0.25) is 0 Å². The van der Waals surface area contributed by atoms with Gasteiger partial charge in [0.25, 0.3) is 0 Å². The van der Waals surface area contributed by atoms with Gasteiger partial charge in [-0.15, -0.1) is 0 Å². The van der Waals surface area contributed by atoms with Crippen molar-refractivity contribution in [3.63, 3.8) is 0 Å². The lowest BCUT2D eigenvalue weighted by atomic mass is 10.1. The Kier molecular flexibility index (Phi) is 4.44. The first kappa shape index (κ1) is 16.1. The first-order valence-electron chi connectivity index (χ1n) is 7.52. The first-order chi connectivity index (χ1) is 11.1. The van der Waals surface area contributed by atoms with Crippen molar-refractivity contribution in [3.8, 4) is 0 Å². The van der Waals surface area contributed by atoms with Gasteiger partial charge in [-0.3, -0.25) is 5.73 Å². The van der Waals surface area contributed by atoms with Crippen LogP contribution in [-0.2, 0) is 14.2 Å². The summed E-state index contributed by atoms with van der Waals surface area (Å²) in [6.07, 6.45) is 4.74. The summed E-state index contributed by atoms with van der Waals surface area (Å²) < 4.78 is 17.6. The van der Waals surface area contributed by atoms with Crippen molar-refractivity contribution in [1.29, 1.82) is 0 Å². The normalized spacial score (nSPS) is 22.0. The van der Waals surface area contributed by atoms with Crippen LogP contribution in [0.2, 0.25) is 0 Å². The summed E-state index contributed by atoms with van der Waals surface area (Å²) in [6, 6.07) is 0.306. The van der Waals surface area contributed by atoms with Crippen molar-refractivity contribution in [2.75, 3.05) is 26.6 Å². The van der Waals surface area contributed by atoms with E-state index in [2.05, 4.69) is 19.5 Å². The molecule has 2 aromatic heterocycles. The fourth-order valence-electron chi connectivity index (χ4n) is 3.03. The van der Waals surface area contributed by atoms with Crippen molar-refractivity contribution in [3.05, 3.63) is 12.7 Å². The number of rotatable bonds is 6. The average Bonchev–Trinajstić information content (AvgIpc) is 3.19. The van der Waals surface area contributed by atoms with Crippen LogP contribution in [0.25, 0.3) is 11.2 Å². The largest absolute Gasteiger partial charge is 0.382 e. The molecule has 3 rings (SSSR count). The molecule has 9 nitrogen and oxygen atoms in total. The number of anilines is 1. The van der Waals surface area contributed by atoms with E-state index in [1.165, 1.54) is 20.5 Å². The Morgan fingerprint density at radius 1 is 1.26 bits per heavy atom. The molecule has 0 radical (unpaired) electrons. The number of fused-ring (bicyclic) bond motifs is 1. The van der Waals surface area contributed by atoms with Crippen LogP contribution in [0.15, 0.2) is 12.7 Å². The minimum absolute atomic E-state index is 0.306. The molecule has 1 fully saturated rings. The first-order valence-corrected chi connectivity index (χ1v) is 7.52. The van der Waals surface area contributed by atoms with Crippen LogP contribution < -0.4 is 11.5 Å². The van der Waals surface area contributed by atoms with E-state index < -0.39 is 6.10 Å². The Hall–Kier alpha value is -1.81. The Labute approximate surface area is 133 Å². The van der Waals surface area contributed by atoms with Gasteiger partial charge in [0.15, 0.2) is 11.5 Å². The minimum atomic E-state index is -1.48. The third-order valence-corrected chi connectivity index (χ3v) is 4.38. The Morgan fingerprint density at radius 2 is 2.04 bits per heavy atom. The molecule has 0 amide bonds. The van der Waals surface area contributed by atoms with Gasteiger partial charge in [0, 0.05) is 20.3 Å². The number of aromatic nitrogens is 4. The summed E-state index contributed by atoms with van der Waals surface area (Å²) in [7, 11) is 2.89. The van der Waals surface area contributed by atoms with E-state index in [9.17, 15) is 0 Å². The van der Waals surface area contributed by atoms with Gasteiger partial charge < -0.3 is 24.5 Å². The van der Waals surface area contributed by atoms with E-state index >= 15 is 0 Å². The topological polar surface area (TPSA) is 123 Å². The van der Waals surface area contributed by atoms with Gasteiger partial charge in [0.05, 0.1) is 12.9 Å². The molecule has 2 aromatic rings. The number of imidazole rings is 1. The molecule has 1 aliphatic carbocycles. The molecule has 1 aliphatic rings. The van der Waals surface area contributed by atoms with E-state index in [-0.39, 0.29) is 0 Å². The third kappa shape index (κ3) is 3.13. The van der Waals surface area contributed by atoms with Crippen molar-refractivity contribution >= 4 is 17.0 Å². The molecule has 2 heterocycles. The molecule has 126 valence electrons. The molecule has 2 unspecified atom stereocenters. The standard InChI is InChI=1S/C14H22N6O3/c1-21-14(16,22-2)23-6-9-3-4-10(5-9)20-8-19-11-12(15)17-7-18-13(11)20/h7-10H,3-6,16H2,1-2H3,(H2,15,17,18). The fourth-order valence-corrected chi connectivity index (χ4v) is 3.03. The molecule has 23 heavy (non-hydrogen) atoms. The van der Waals surface area contributed by atoms with Crippen LogP contribution in [0.4, 0.5) is 5.82 Å². The van der Waals surface area contributed by atoms with Crippen molar-refractivity contribution in [2.45, 2.75) is 31.4 Å². The van der Waals surface area contributed by atoms with E-state index in [1.54, 1.807) is 6.33 Å². The van der Waals surface area contributed by atoms with Gasteiger partial charge in [-0.05, 0) is 25.2 Å². The molecule has 1 saturated carbocycles. The van der Waals surface area contributed by atoms with Gasteiger partial charge >= 0.3 is 6.10 Å². The zero-order valence-electron chi connectivity index (χ0n) is 13.3. The maximum absolute atomic E-state index is 5.83. The van der Waals surface area contributed by atoms with Crippen LogP contribution in [0.1, 0.15) is 25.3 Å². The van der Waals surface area contributed by atoms with Crippen LogP contribution in [0.3, 0.4) is 0 Å². The lowest BCUT2D eigenvalue weighted by Crippen LogP contribution is -2.47. The van der Waals surface area contributed by atoms with Crippen LogP contribution in [0.5, 0.6) is 0 Å². The number of hydrogen-bond acceptors (Lipinski definition) is 8. The van der Waals surface area contributed by atoms with Gasteiger partial charge in [-0.25, -0.2) is 15.0 Å². The molecule has 0 spiro atoms. The summed E-state index contributed by atoms with van der Waals surface area (Å²) >= 11 is 0. The minimum Gasteiger partial charge on any atom is -0.382 e. The number of hydrogen-bond donors (Lipinski definition) is 2. The highest BCUT2D eigenvalue weighted by Gasteiger charge is 2.31. The second kappa shape index (κ2) is 6.36. The van der Waals surface area contributed by atoms with E-state index in [0.717, 1.165) is 24.9 Å². The number of nitrogens with zero attached hydrogens (tertiary/aromatic N) is 4. The van der Waals surface area contributed by atoms with Crippen molar-refractivity contribution in [1.82, 2.24) is 19.5 Å². The number of methoxy groups -OCH3 is 2. The summed E-state index contributed by atoms with van der Waals surface area (Å²) in [4.78, 5) is 12.6. The SMILES string of the molecule is COC(N)(OC)OCC1CCC(n2cnc3c(N)ncnc32)C1. The zero-order valence-corrected chi connectivity index (χ0v) is 13.3. The second-order valence-electron chi connectivity index (χ2n) is 5.74. The Balaban J connectivity index is 1.66. The Morgan fingerprint density at radius 3 is 2.78 bits per heavy atom. The average molecular weight is 322 g/mol. The van der Waals surface area contributed by atoms with Gasteiger partial charge in [-0.1, -0.05) is 0 Å². The zero-order chi connectivity index (χ0) is 16.4. The quantitative estimate of drug-likeness (QED) is 0.742. The monoisotopic (exact) mass is 322 g/mol. The van der Waals surface area contributed by atoms with E-state index in [4.69, 9.17) is 25.7 Å². The predicted molar refractivity (Wildman–Crippen MR) is 83.0 cm³/mol. The third-order valence-electron chi connectivity index (χ3n) is 4.38.